The molecule has 2 heterocycles. The van der Waals surface area contributed by atoms with Gasteiger partial charge in [0.2, 0.25) is 5.91 Å². The maximum absolute atomic E-state index is 12.6. The van der Waals surface area contributed by atoms with Crippen LogP contribution in [0.25, 0.3) is 10.9 Å². The number of aromatic nitrogens is 2. The topological polar surface area (TPSA) is 82.5 Å². The molecule has 156 valence electrons. The molecule has 7 nitrogen and oxygen atoms in total. The van der Waals surface area contributed by atoms with Crippen molar-refractivity contribution < 1.29 is 14.3 Å². The quantitative estimate of drug-likeness (QED) is 0.650. The van der Waals surface area contributed by atoms with Crippen molar-refractivity contribution in [1.82, 2.24) is 9.55 Å². The number of carbonyl (C=O) groups excluding carboxylic acids is 1. The molecular formula is C23H25N3O4. The molecule has 1 atom stereocenters. The van der Waals surface area contributed by atoms with Crippen LogP contribution in [0.3, 0.4) is 0 Å². The number of hydrogen-bond acceptors (Lipinski definition) is 5. The number of rotatable bonds is 7. The van der Waals surface area contributed by atoms with Gasteiger partial charge in [0.15, 0.2) is 0 Å². The summed E-state index contributed by atoms with van der Waals surface area (Å²) in [6.45, 7) is 3.48. The Hall–Kier alpha value is -3.19. The van der Waals surface area contributed by atoms with Gasteiger partial charge in [-0.05, 0) is 43.5 Å². The van der Waals surface area contributed by atoms with Crippen molar-refractivity contribution in [2.75, 3.05) is 18.5 Å². The molecule has 1 fully saturated rings. The molecule has 1 amide bonds. The van der Waals surface area contributed by atoms with Crippen LogP contribution >= 0.6 is 0 Å². The van der Waals surface area contributed by atoms with E-state index in [9.17, 15) is 9.59 Å². The van der Waals surface area contributed by atoms with Gasteiger partial charge in [-0.25, -0.2) is 4.98 Å². The van der Waals surface area contributed by atoms with E-state index in [1.165, 1.54) is 10.9 Å². The largest absolute Gasteiger partial charge is 0.491 e. The molecule has 1 N–H and O–H groups in total. The standard InChI is InChI=1S/C23H25N3O4/c1-16-5-2-9-20-22(16)24-15-26(23(20)28)11-10-21(27)25-17-6-3-7-18(13-17)30-14-19-8-4-12-29-19/h2-3,5-7,9,13,15,19H,4,8,10-12,14H2,1H3,(H,25,27)/t19-/m0/s1. The summed E-state index contributed by atoms with van der Waals surface area (Å²) in [5, 5.41) is 3.42. The van der Waals surface area contributed by atoms with Gasteiger partial charge in [-0.15, -0.1) is 0 Å². The lowest BCUT2D eigenvalue weighted by molar-refractivity contribution is -0.116. The van der Waals surface area contributed by atoms with E-state index < -0.39 is 0 Å². The van der Waals surface area contributed by atoms with Gasteiger partial charge < -0.3 is 14.8 Å². The predicted octanol–water partition coefficient (Wildman–Crippen LogP) is 3.29. The molecular weight excluding hydrogens is 382 g/mol. The van der Waals surface area contributed by atoms with Crippen LogP contribution in [0.1, 0.15) is 24.8 Å². The number of ether oxygens (including phenoxy) is 2. The first kappa shape index (κ1) is 20.1. The zero-order valence-electron chi connectivity index (χ0n) is 17.0. The average molecular weight is 407 g/mol. The molecule has 0 unspecified atom stereocenters. The fourth-order valence-electron chi connectivity index (χ4n) is 3.57. The van der Waals surface area contributed by atoms with Crippen LogP contribution in [0.15, 0.2) is 53.6 Å². The highest BCUT2D eigenvalue weighted by Crippen LogP contribution is 2.20. The molecule has 2 aromatic carbocycles. The highest BCUT2D eigenvalue weighted by Gasteiger charge is 2.16. The molecule has 1 aliphatic rings. The number of carbonyl (C=O) groups is 1. The van der Waals surface area contributed by atoms with Gasteiger partial charge in [0.25, 0.3) is 5.56 Å². The van der Waals surface area contributed by atoms with Gasteiger partial charge in [-0.3, -0.25) is 14.2 Å². The number of aryl methyl sites for hydroxylation is 2. The van der Waals surface area contributed by atoms with Gasteiger partial charge >= 0.3 is 0 Å². The van der Waals surface area contributed by atoms with Crippen LogP contribution in [-0.2, 0) is 16.1 Å². The third-order valence-electron chi connectivity index (χ3n) is 5.21. The van der Waals surface area contributed by atoms with Crippen LogP contribution in [0.2, 0.25) is 0 Å². The number of anilines is 1. The zero-order chi connectivity index (χ0) is 20.9. The molecule has 1 saturated heterocycles. The number of nitrogens with one attached hydrogen (secondary N) is 1. The summed E-state index contributed by atoms with van der Waals surface area (Å²) in [7, 11) is 0. The van der Waals surface area contributed by atoms with Crippen LogP contribution in [0, 0.1) is 6.92 Å². The minimum atomic E-state index is -0.178. The molecule has 1 aromatic heterocycles. The van der Waals surface area contributed by atoms with Gasteiger partial charge in [0.05, 0.1) is 23.3 Å². The first-order valence-corrected chi connectivity index (χ1v) is 10.2. The molecule has 0 bridgehead atoms. The molecule has 4 rings (SSSR count). The van der Waals surface area contributed by atoms with E-state index in [1.54, 1.807) is 12.1 Å². The maximum atomic E-state index is 12.6. The Morgan fingerprint density at radius 1 is 1.30 bits per heavy atom. The molecule has 0 radical (unpaired) electrons. The Balaban J connectivity index is 1.35. The lowest BCUT2D eigenvalue weighted by atomic mass is 10.1. The van der Waals surface area contributed by atoms with Crippen molar-refractivity contribution in [3.8, 4) is 5.75 Å². The number of nitrogens with zero attached hydrogens (tertiary/aromatic N) is 2. The number of hydrogen-bond donors (Lipinski definition) is 1. The first-order chi connectivity index (χ1) is 14.6. The summed E-state index contributed by atoms with van der Waals surface area (Å²) in [5.74, 6) is 0.510. The number of fused-ring (bicyclic) bond motifs is 1. The Labute approximate surface area is 174 Å². The van der Waals surface area contributed by atoms with Crippen LogP contribution in [-0.4, -0.2) is 34.8 Å². The summed E-state index contributed by atoms with van der Waals surface area (Å²) in [6, 6.07) is 12.8. The molecule has 3 aromatic rings. The molecule has 0 aliphatic carbocycles. The van der Waals surface area contributed by atoms with Crippen molar-refractivity contribution in [2.45, 2.75) is 38.8 Å². The van der Waals surface area contributed by atoms with E-state index >= 15 is 0 Å². The van der Waals surface area contributed by atoms with Gasteiger partial charge in [0, 0.05) is 31.3 Å². The van der Waals surface area contributed by atoms with Crippen molar-refractivity contribution in [3.05, 3.63) is 64.7 Å². The first-order valence-electron chi connectivity index (χ1n) is 10.2. The number of amides is 1. The maximum Gasteiger partial charge on any atom is 0.261 e. The SMILES string of the molecule is Cc1cccc2c(=O)n(CCC(=O)Nc3cccc(OC[C@@H]4CCCO4)c3)cnc12. The minimum absolute atomic E-state index is 0.138. The third kappa shape index (κ3) is 4.68. The zero-order valence-corrected chi connectivity index (χ0v) is 17.0. The van der Waals surface area contributed by atoms with E-state index in [2.05, 4.69) is 10.3 Å². The number of para-hydroxylation sites is 1. The van der Waals surface area contributed by atoms with Crippen LogP contribution in [0.5, 0.6) is 5.75 Å². The Morgan fingerprint density at radius 3 is 3.00 bits per heavy atom. The molecule has 30 heavy (non-hydrogen) atoms. The van der Waals surface area contributed by atoms with Crippen molar-refractivity contribution in [2.24, 2.45) is 0 Å². The molecule has 1 aliphatic heterocycles. The molecule has 0 spiro atoms. The van der Waals surface area contributed by atoms with Crippen LogP contribution < -0.4 is 15.6 Å². The summed E-state index contributed by atoms with van der Waals surface area (Å²) >= 11 is 0. The second-order valence-corrected chi connectivity index (χ2v) is 7.49. The lowest BCUT2D eigenvalue weighted by Gasteiger charge is -2.13. The fraction of sp³-hybridized carbons (Fsp3) is 0.348. The lowest BCUT2D eigenvalue weighted by Crippen LogP contribution is -2.23. The Bertz CT molecular complexity index is 1100. The third-order valence-corrected chi connectivity index (χ3v) is 5.21. The Morgan fingerprint density at radius 2 is 2.17 bits per heavy atom. The van der Waals surface area contributed by atoms with Crippen molar-refractivity contribution in [1.29, 1.82) is 0 Å². The fourth-order valence-corrected chi connectivity index (χ4v) is 3.57. The Kier molecular flexibility index (Phi) is 6.09. The van der Waals surface area contributed by atoms with E-state index in [0.29, 0.717) is 28.9 Å². The van der Waals surface area contributed by atoms with Gasteiger partial charge in [-0.2, -0.15) is 0 Å². The number of benzene rings is 2. The van der Waals surface area contributed by atoms with E-state index in [1.807, 2.05) is 37.3 Å². The molecule has 7 heteroatoms. The monoisotopic (exact) mass is 407 g/mol. The summed E-state index contributed by atoms with van der Waals surface area (Å²) in [4.78, 5) is 29.4. The van der Waals surface area contributed by atoms with E-state index in [0.717, 1.165) is 25.0 Å². The average Bonchev–Trinajstić information content (AvgIpc) is 3.26. The van der Waals surface area contributed by atoms with Crippen molar-refractivity contribution >= 4 is 22.5 Å². The summed E-state index contributed by atoms with van der Waals surface area (Å²) in [5.41, 5.74) is 2.17. The van der Waals surface area contributed by atoms with Gasteiger partial charge in [0.1, 0.15) is 12.4 Å². The van der Waals surface area contributed by atoms with E-state index in [-0.39, 0.29) is 30.5 Å². The molecule has 0 saturated carbocycles. The van der Waals surface area contributed by atoms with Crippen LogP contribution in [0.4, 0.5) is 5.69 Å². The highest BCUT2D eigenvalue weighted by atomic mass is 16.5. The highest BCUT2D eigenvalue weighted by molar-refractivity contribution is 5.90. The van der Waals surface area contributed by atoms with Crippen molar-refractivity contribution in [3.63, 3.8) is 0 Å². The summed E-state index contributed by atoms with van der Waals surface area (Å²) < 4.78 is 12.8. The van der Waals surface area contributed by atoms with E-state index in [4.69, 9.17) is 9.47 Å². The normalized spacial score (nSPS) is 16.0. The minimum Gasteiger partial charge on any atom is -0.491 e. The van der Waals surface area contributed by atoms with Gasteiger partial charge in [-0.1, -0.05) is 18.2 Å². The summed E-state index contributed by atoms with van der Waals surface area (Å²) in [6.07, 6.45) is 3.89. The predicted molar refractivity (Wildman–Crippen MR) is 115 cm³/mol. The smallest absolute Gasteiger partial charge is 0.261 e. The second-order valence-electron chi connectivity index (χ2n) is 7.49. The second kappa shape index (κ2) is 9.09.